The van der Waals surface area contributed by atoms with Crippen molar-refractivity contribution in [2.75, 3.05) is 6.54 Å². The van der Waals surface area contributed by atoms with E-state index in [1.807, 2.05) is 0 Å². The van der Waals surface area contributed by atoms with E-state index in [9.17, 15) is 9.59 Å². The Kier molecular flexibility index (Phi) is 6.77. The lowest BCUT2D eigenvalue weighted by Crippen LogP contribution is -2.41. The lowest BCUT2D eigenvalue weighted by atomic mass is 10.2. The minimum atomic E-state index is -0.863. The number of carbonyl (C=O) groups is 2. The van der Waals surface area contributed by atoms with E-state index in [4.69, 9.17) is 5.11 Å². The molecule has 86 valence electrons. The highest BCUT2D eigenvalue weighted by molar-refractivity contribution is 9.11. The molecule has 5 nitrogen and oxygen atoms in total. The van der Waals surface area contributed by atoms with Gasteiger partial charge in [0.15, 0.2) is 0 Å². The number of carboxylic acids is 1. The number of halogens is 1. The predicted molar refractivity (Wildman–Crippen MR) is 60.9 cm³/mol. The third-order valence-electron chi connectivity index (χ3n) is 1.61. The number of aliphatic carboxylic acids is 1. The van der Waals surface area contributed by atoms with Crippen LogP contribution in [0.3, 0.4) is 0 Å². The average molecular weight is 279 g/mol. The van der Waals surface area contributed by atoms with E-state index in [1.54, 1.807) is 6.92 Å². The van der Waals surface area contributed by atoms with Crippen molar-refractivity contribution < 1.29 is 14.7 Å². The molecule has 15 heavy (non-hydrogen) atoms. The molecule has 0 saturated carbocycles. The Morgan fingerprint density at radius 2 is 2.13 bits per heavy atom. The van der Waals surface area contributed by atoms with Gasteiger partial charge in [0.1, 0.15) is 0 Å². The predicted octanol–water partition coefficient (Wildman–Crippen LogP) is 1.45. The molecule has 0 aliphatic carbocycles. The number of nitrogens with one attached hydrogen (secondary N) is 2. The van der Waals surface area contributed by atoms with Gasteiger partial charge in [-0.15, -0.1) is 0 Å². The third kappa shape index (κ3) is 9.27. The van der Waals surface area contributed by atoms with Crippen molar-refractivity contribution in [1.29, 1.82) is 0 Å². The fourth-order valence-corrected chi connectivity index (χ4v) is 1.00. The molecule has 0 heterocycles. The van der Waals surface area contributed by atoms with E-state index < -0.39 is 5.97 Å². The topological polar surface area (TPSA) is 78.4 Å². The van der Waals surface area contributed by atoms with Crippen LogP contribution < -0.4 is 10.6 Å². The summed E-state index contributed by atoms with van der Waals surface area (Å²) in [5.74, 6) is -0.863. The highest BCUT2D eigenvalue weighted by Gasteiger charge is 2.08. The standard InChI is InChI=1S/C9H15BrN2O3/c1-6(10)5-11-9(15)12-7(2)3-4-8(13)14/h7H,1,3-5H2,2H3,(H,13,14)(H2,11,12,15). The van der Waals surface area contributed by atoms with Gasteiger partial charge in [-0.1, -0.05) is 22.5 Å². The summed E-state index contributed by atoms with van der Waals surface area (Å²) in [6, 6.07) is -0.488. The summed E-state index contributed by atoms with van der Waals surface area (Å²) < 4.78 is 0.677. The average Bonchev–Trinajstić information content (AvgIpc) is 2.11. The molecule has 0 bridgehead atoms. The van der Waals surface area contributed by atoms with Crippen LogP contribution in [0.4, 0.5) is 4.79 Å². The first-order chi connectivity index (χ1) is 6.91. The third-order valence-corrected chi connectivity index (χ3v) is 1.89. The van der Waals surface area contributed by atoms with Gasteiger partial charge in [0, 0.05) is 16.9 Å². The molecule has 0 aliphatic rings. The molecule has 0 rings (SSSR count). The number of rotatable bonds is 6. The summed E-state index contributed by atoms with van der Waals surface area (Å²) in [7, 11) is 0. The van der Waals surface area contributed by atoms with Crippen molar-refractivity contribution in [3.8, 4) is 0 Å². The summed E-state index contributed by atoms with van der Waals surface area (Å²) in [5, 5.41) is 13.6. The van der Waals surface area contributed by atoms with Gasteiger partial charge in [-0.05, 0) is 13.3 Å². The second-order valence-electron chi connectivity index (χ2n) is 3.18. The number of amides is 2. The quantitative estimate of drug-likeness (QED) is 0.688. The second-order valence-corrected chi connectivity index (χ2v) is 4.30. The molecule has 2 amide bonds. The molecule has 0 spiro atoms. The summed E-state index contributed by atoms with van der Waals surface area (Å²) in [6.45, 7) is 5.66. The molecular formula is C9H15BrN2O3. The SMILES string of the molecule is C=C(Br)CNC(=O)NC(C)CCC(=O)O. The molecule has 0 aromatic carbocycles. The van der Waals surface area contributed by atoms with Gasteiger partial charge in [0.25, 0.3) is 0 Å². The van der Waals surface area contributed by atoms with E-state index in [1.165, 1.54) is 0 Å². The fourth-order valence-electron chi connectivity index (χ4n) is 0.863. The van der Waals surface area contributed by atoms with Crippen molar-refractivity contribution in [3.63, 3.8) is 0 Å². The Labute approximate surface area is 97.1 Å². The van der Waals surface area contributed by atoms with E-state index in [2.05, 4.69) is 33.1 Å². The molecule has 0 radical (unpaired) electrons. The van der Waals surface area contributed by atoms with Crippen molar-refractivity contribution in [1.82, 2.24) is 10.6 Å². The van der Waals surface area contributed by atoms with Crippen molar-refractivity contribution in [2.45, 2.75) is 25.8 Å². The van der Waals surface area contributed by atoms with Gasteiger partial charge in [0.2, 0.25) is 0 Å². The second kappa shape index (κ2) is 7.28. The van der Waals surface area contributed by atoms with Crippen LogP contribution >= 0.6 is 15.9 Å². The van der Waals surface area contributed by atoms with Gasteiger partial charge in [0.05, 0.1) is 6.54 Å². The van der Waals surface area contributed by atoms with Crippen LogP contribution in [0.15, 0.2) is 11.1 Å². The van der Waals surface area contributed by atoms with Gasteiger partial charge in [-0.3, -0.25) is 4.79 Å². The molecule has 0 aromatic rings. The summed E-state index contributed by atoms with van der Waals surface area (Å²) in [6.07, 6.45) is 0.463. The molecule has 0 saturated heterocycles. The zero-order valence-corrected chi connectivity index (χ0v) is 10.1. The van der Waals surface area contributed by atoms with Crippen LogP contribution in [-0.4, -0.2) is 29.7 Å². The Hall–Kier alpha value is -1.04. The number of carbonyl (C=O) groups excluding carboxylic acids is 1. The van der Waals surface area contributed by atoms with Crippen molar-refractivity contribution in [2.24, 2.45) is 0 Å². The first-order valence-corrected chi connectivity index (χ1v) is 5.30. The molecule has 0 aromatic heterocycles. The fraction of sp³-hybridized carbons (Fsp3) is 0.556. The number of carboxylic acid groups (broad SMARTS) is 1. The number of urea groups is 1. The normalized spacial score (nSPS) is 11.6. The van der Waals surface area contributed by atoms with Gasteiger partial charge in [-0.2, -0.15) is 0 Å². The van der Waals surface area contributed by atoms with Gasteiger partial charge in [-0.25, -0.2) is 4.79 Å². The van der Waals surface area contributed by atoms with Crippen LogP contribution in [0, 0.1) is 0 Å². The van der Waals surface area contributed by atoms with Crippen LogP contribution in [0.25, 0.3) is 0 Å². The van der Waals surface area contributed by atoms with Crippen LogP contribution in [0.1, 0.15) is 19.8 Å². The van der Waals surface area contributed by atoms with Crippen LogP contribution in [0.2, 0.25) is 0 Å². The van der Waals surface area contributed by atoms with E-state index in [-0.39, 0.29) is 18.5 Å². The first-order valence-electron chi connectivity index (χ1n) is 4.51. The van der Waals surface area contributed by atoms with E-state index in [0.717, 1.165) is 0 Å². The molecule has 1 unspecified atom stereocenters. The van der Waals surface area contributed by atoms with Gasteiger partial charge < -0.3 is 15.7 Å². The Morgan fingerprint density at radius 1 is 1.53 bits per heavy atom. The number of hydrogen-bond acceptors (Lipinski definition) is 2. The zero-order chi connectivity index (χ0) is 11.8. The summed E-state index contributed by atoms with van der Waals surface area (Å²) in [5.41, 5.74) is 0. The largest absolute Gasteiger partial charge is 0.481 e. The maximum absolute atomic E-state index is 11.2. The molecule has 6 heteroatoms. The number of hydrogen-bond donors (Lipinski definition) is 3. The minimum Gasteiger partial charge on any atom is -0.481 e. The highest BCUT2D eigenvalue weighted by Crippen LogP contribution is 1.98. The maximum atomic E-state index is 11.2. The van der Waals surface area contributed by atoms with Crippen LogP contribution in [-0.2, 0) is 4.79 Å². The Morgan fingerprint density at radius 3 is 2.60 bits per heavy atom. The summed E-state index contributed by atoms with van der Waals surface area (Å²) in [4.78, 5) is 21.4. The Balaban J connectivity index is 3.66. The van der Waals surface area contributed by atoms with E-state index >= 15 is 0 Å². The molecule has 3 N–H and O–H groups in total. The first kappa shape index (κ1) is 14.0. The summed E-state index contributed by atoms with van der Waals surface area (Å²) >= 11 is 3.10. The maximum Gasteiger partial charge on any atom is 0.315 e. The van der Waals surface area contributed by atoms with Crippen molar-refractivity contribution >= 4 is 27.9 Å². The van der Waals surface area contributed by atoms with Gasteiger partial charge >= 0.3 is 12.0 Å². The highest BCUT2D eigenvalue weighted by atomic mass is 79.9. The monoisotopic (exact) mass is 278 g/mol. The zero-order valence-electron chi connectivity index (χ0n) is 8.55. The molecule has 1 atom stereocenters. The smallest absolute Gasteiger partial charge is 0.315 e. The van der Waals surface area contributed by atoms with E-state index in [0.29, 0.717) is 17.4 Å². The van der Waals surface area contributed by atoms with Crippen molar-refractivity contribution in [3.05, 3.63) is 11.1 Å². The molecular weight excluding hydrogens is 264 g/mol. The minimum absolute atomic E-state index is 0.0482. The lowest BCUT2D eigenvalue weighted by Gasteiger charge is -2.13. The Bertz CT molecular complexity index is 256. The molecule has 0 aliphatic heterocycles. The van der Waals surface area contributed by atoms with Crippen LogP contribution in [0.5, 0.6) is 0 Å². The lowest BCUT2D eigenvalue weighted by molar-refractivity contribution is -0.137. The molecule has 0 fully saturated rings.